The SMILES string of the molecule is C=C1CCC2C(C)CCCC2(C)C1COc1ccc2ccc(=O)oc2c1. The highest BCUT2D eigenvalue weighted by atomic mass is 16.5. The van der Waals surface area contributed by atoms with Crippen LogP contribution in [0, 0.1) is 23.2 Å². The second-order valence-corrected chi connectivity index (χ2v) is 8.50. The van der Waals surface area contributed by atoms with Crippen molar-refractivity contribution in [2.75, 3.05) is 6.61 Å². The van der Waals surface area contributed by atoms with Crippen molar-refractivity contribution < 1.29 is 9.15 Å². The maximum absolute atomic E-state index is 11.5. The van der Waals surface area contributed by atoms with Crippen LogP contribution in [0.4, 0.5) is 0 Å². The van der Waals surface area contributed by atoms with Crippen molar-refractivity contribution >= 4 is 11.0 Å². The summed E-state index contributed by atoms with van der Waals surface area (Å²) in [6.07, 6.45) is 6.31. The van der Waals surface area contributed by atoms with Crippen molar-refractivity contribution in [1.29, 1.82) is 0 Å². The van der Waals surface area contributed by atoms with Crippen molar-refractivity contribution in [3.05, 3.63) is 52.9 Å². The molecular weight excluding hydrogens is 324 g/mol. The molecule has 3 nitrogen and oxygen atoms in total. The van der Waals surface area contributed by atoms with E-state index in [2.05, 4.69) is 20.4 Å². The molecule has 0 N–H and O–H groups in total. The van der Waals surface area contributed by atoms with Gasteiger partial charge in [-0.2, -0.15) is 0 Å². The van der Waals surface area contributed by atoms with Crippen LogP contribution in [0.1, 0.15) is 46.0 Å². The molecule has 0 radical (unpaired) electrons. The Morgan fingerprint density at radius 1 is 1.27 bits per heavy atom. The van der Waals surface area contributed by atoms with E-state index in [4.69, 9.17) is 9.15 Å². The van der Waals surface area contributed by atoms with Crippen molar-refractivity contribution in [2.24, 2.45) is 23.2 Å². The molecule has 3 heteroatoms. The minimum absolute atomic E-state index is 0.288. The summed E-state index contributed by atoms with van der Waals surface area (Å²) in [5, 5.41) is 0.909. The molecule has 1 heterocycles. The van der Waals surface area contributed by atoms with Crippen LogP contribution in [0.5, 0.6) is 5.75 Å². The first kappa shape index (κ1) is 17.4. The number of rotatable bonds is 3. The van der Waals surface area contributed by atoms with Crippen molar-refractivity contribution in [2.45, 2.75) is 46.0 Å². The Balaban J connectivity index is 1.56. The van der Waals surface area contributed by atoms with E-state index in [9.17, 15) is 4.79 Å². The van der Waals surface area contributed by atoms with Gasteiger partial charge in [-0.15, -0.1) is 0 Å². The summed E-state index contributed by atoms with van der Waals surface area (Å²) >= 11 is 0. The lowest BCUT2D eigenvalue weighted by Crippen LogP contribution is -2.47. The number of hydrogen-bond donors (Lipinski definition) is 0. The van der Waals surface area contributed by atoms with Crippen LogP contribution in [0.3, 0.4) is 0 Å². The van der Waals surface area contributed by atoms with E-state index in [0.717, 1.165) is 29.4 Å². The van der Waals surface area contributed by atoms with Gasteiger partial charge in [0.2, 0.25) is 0 Å². The smallest absolute Gasteiger partial charge is 0.336 e. The zero-order chi connectivity index (χ0) is 18.3. The van der Waals surface area contributed by atoms with Gasteiger partial charge in [0.05, 0.1) is 6.61 Å². The molecule has 2 saturated carbocycles. The molecule has 1 aromatic carbocycles. The van der Waals surface area contributed by atoms with Gasteiger partial charge in [0.1, 0.15) is 11.3 Å². The molecule has 2 aliphatic carbocycles. The summed E-state index contributed by atoms with van der Waals surface area (Å²) < 4.78 is 11.5. The van der Waals surface area contributed by atoms with Gasteiger partial charge in [-0.25, -0.2) is 4.79 Å². The van der Waals surface area contributed by atoms with Gasteiger partial charge < -0.3 is 9.15 Å². The molecule has 0 amide bonds. The quantitative estimate of drug-likeness (QED) is 0.535. The standard InChI is InChI=1S/C23H28O3/c1-15-5-4-12-23(3)19(15)10-6-16(2)20(23)14-25-18-9-7-17-8-11-22(24)26-21(17)13-18/h7-9,11,13,15,19-20H,2,4-6,10,12,14H2,1,3H3. The minimum atomic E-state index is -0.332. The predicted molar refractivity (Wildman–Crippen MR) is 104 cm³/mol. The van der Waals surface area contributed by atoms with E-state index in [-0.39, 0.29) is 11.0 Å². The molecule has 0 aliphatic heterocycles. The molecule has 0 saturated heterocycles. The van der Waals surface area contributed by atoms with Crippen LogP contribution in [0.15, 0.2) is 51.7 Å². The van der Waals surface area contributed by atoms with E-state index in [1.807, 2.05) is 18.2 Å². The molecule has 2 aromatic rings. The van der Waals surface area contributed by atoms with Gasteiger partial charge in [0.25, 0.3) is 0 Å². The Hall–Kier alpha value is -2.03. The fourth-order valence-electron chi connectivity index (χ4n) is 5.49. The molecule has 2 fully saturated rings. The number of ether oxygens (including phenoxy) is 1. The Labute approximate surface area is 155 Å². The summed E-state index contributed by atoms with van der Waals surface area (Å²) in [7, 11) is 0. The maximum atomic E-state index is 11.5. The summed E-state index contributed by atoms with van der Waals surface area (Å²) in [6, 6.07) is 8.95. The van der Waals surface area contributed by atoms with Crippen molar-refractivity contribution in [3.63, 3.8) is 0 Å². The zero-order valence-corrected chi connectivity index (χ0v) is 15.8. The molecule has 4 atom stereocenters. The fourth-order valence-corrected chi connectivity index (χ4v) is 5.49. The largest absolute Gasteiger partial charge is 0.493 e. The zero-order valence-electron chi connectivity index (χ0n) is 15.8. The lowest BCUT2D eigenvalue weighted by Gasteiger charge is -2.53. The van der Waals surface area contributed by atoms with Gasteiger partial charge in [0, 0.05) is 23.4 Å². The van der Waals surface area contributed by atoms with Gasteiger partial charge in [0.15, 0.2) is 0 Å². The topological polar surface area (TPSA) is 39.4 Å². The lowest BCUT2D eigenvalue weighted by molar-refractivity contribution is -0.0197. The van der Waals surface area contributed by atoms with Crippen LogP contribution < -0.4 is 10.4 Å². The second kappa shape index (κ2) is 6.61. The highest BCUT2D eigenvalue weighted by molar-refractivity contribution is 5.77. The van der Waals surface area contributed by atoms with Crippen LogP contribution in [0.25, 0.3) is 11.0 Å². The normalized spacial score (nSPS) is 31.6. The molecule has 26 heavy (non-hydrogen) atoms. The highest BCUT2D eigenvalue weighted by Gasteiger charge is 2.49. The Morgan fingerprint density at radius 3 is 2.92 bits per heavy atom. The predicted octanol–water partition coefficient (Wildman–Crippen LogP) is 5.58. The molecule has 1 aromatic heterocycles. The lowest BCUT2D eigenvalue weighted by atomic mass is 9.52. The molecule has 4 unspecified atom stereocenters. The summed E-state index contributed by atoms with van der Waals surface area (Å²) in [6.45, 7) is 9.91. The van der Waals surface area contributed by atoms with Crippen LogP contribution in [-0.2, 0) is 0 Å². The van der Waals surface area contributed by atoms with E-state index in [1.54, 1.807) is 6.07 Å². The summed E-state index contributed by atoms with van der Waals surface area (Å²) in [5.41, 5.74) is 1.87. The average Bonchev–Trinajstić information content (AvgIpc) is 2.60. The van der Waals surface area contributed by atoms with E-state index in [1.165, 1.54) is 37.3 Å². The van der Waals surface area contributed by atoms with Crippen LogP contribution >= 0.6 is 0 Å². The first-order valence-electron chi connectivity index (χ1n) is 9.82. The third kappa shape index (κ3) is 2.98. The van der Waals surface area contributed by atoms with Crippen molar-refractivity contribution in [3.8, 4) is 5.75 Å². The van der Waals surface area contributed by atoms with Gasteiger partial charge in [-0.3, -0.25) is 0 Å². The third-order valence-electron chi connectivity index (χ3n) is 6.99. The molecule has 4 rings (SSSR count). The van der Waals surface area contributed by atoms with E-state index < -0.39 is 0 Å². The molecule has 138 valence electrons. The molecule has 0 bridgehead atoms. The molecular formula is C23H28O3. The number of benzene rings is 1. The van der Waals surface area contributed by atoms with Gasteiger partial charge in [-0.05, 0) is 54.7 Å². The van der Waals surface area contributed by atoms with Crippen LogP contribution in [0.2, 0.25) is 0 Å². The summed E-state index contributed by atoms with van der Waals surface area (Å²) in [5.74, 6) is 2.71. The monoisotopic (exact) mass is 352 g/mol. The first-order valence-corrected chi connectivity index (χ1v) is 9.82. The summed E-state index contributed by atoms with van der Waals surface area (Å²) in [4.78, 5) is 11.5. The molecule has 0 spiro atoms. The second-order valence-electron chi connectivity index (χ2n) is 8.50. The molecule has 2 aliphatic rings. The van der Waals surface area contributed by atoms with Crippen molar-refractivity contribution in [1.82, 2.24) is 0 Å². The number of fused-ring (bicyclic) bond motifs is 2. The van der Waals surface area contributed by atoms with Crippen LogP contribution in [-0.4, -0.2) is 6.61 Å². The Morgan fingerprint density at radius 2 is 2.08 bits per heavy atom. The fraction of sp³-hybridized carbons (Fsp3) is 0.522. The average molecular weight is 352 g/mol. The first-order chi connectivity index (χ1) is 12.5. The Bertz CT molecular complexity index is 880. The van der Waals surface area contributed by atoms with Gasteiger partial charge >= 0.3 is 5.63 Å². The van der Waals surface area contributed by atoms with E-state index in [0.29, 0.717) is 18.1 Å². The van der Waals surface area contributed by atoms with Gasteiger partial charge in [-0.1, -0.05) is 38.8 Å². The third-order valence-corrected chi connectivity index (χ3v) is 6.99. The minimum Gasteiger partial charge on any atom is -0.493 e. The maximum Gasteiger partial charge on any atom is 0.336 e. The van der Waals surface area contributed by atoms with E-state index >= 15 is 0 Å². The highest BCUT2D eigenvalue weighted by Crippen LogP contribution is 2.56. The Kier molecular flexibility index (Phi) is 4.42. The number of hydrogen-bond acceptors (Lipinski definition) is 3.